The van der Waals surface area contributed by atoms with Crippen LogP contribution >= 0.6 is 11.3 Å². The van der Waals surface area contributed by atoms with Gasteiger partial charge in [0.25, 0.3) is 0 Å². The van der Waals surface area contributed by atoms with Crippen molar-refractivity contribution < 1.29 is 42.7 Å². The minimum Gasteiger partial charge on any atom is -0.469 e. The molecular weight excluding hydrogens is 763 g/mol. The first-order valence-electron chi connectivity index (χ1n) is 19.7. The number of benzene rings is 2. The third-order valence-corrected chi connectivity index (χ3v) is 10.8. The molecule has 58 heavy (non-hydrogen) atoms. The monoisotopic (exact) mass is 817 g/mol. The maximum absolute atomic E-state index is 12.5. The molecule has 1 aliphatic rings. The second-order valence-electron chi connectivity index (χ2n) is 13.6. The Bertz CT molecular complexity index is 1840. The summed E-state index contributed by atoms with van der Waals surface area (Å²) in [4.78, 5) is 30.7. The highest BCUT2D eigenvalue weighted by atomic mass is 32.1. The molecule has 14 nitrogen and oxygen atoms in total. The Kier molecular flexibility index (Phi) is 20.3. The highest BCUT2D eigenvalue weighted by Crippen LogP contribution is 2.42. The number of carbonyl (C=O) groups excluding carboxylic acids is 2. The third-order valence-electron chi connectivity index (χ3n) is 9.75. The number of esters is 2. The summed E-state index contributed by atoms with van der Waals surface area (Å²) in [6, 6.07) is 18.3. The van der Waals surface area contributed by atoms with Gasteiger partial charge in [0, 0.05) is 18.8 Å². The van der Waals surface area contributed by atoms with E-state index in [1.54, 1.807) is 6.92 Å². The topological polar surface area (TPSA) is 155 Å². The van der Waals surface area contributed by atoms with Crippen LogP contribution in [0.1, 0.15) is 60.3 Å². The average molecular weight is 818 g/mol. The molecule has 0 N–H and O–H groups in total. The van der Waals surface area contributed by atoms with E-state index in [0.29, 0.717) is 99.1 Å². The molecule has 3 aromatic rings. The van der Waals surface area contributed by atoms with Gasteiger partial charge in [0.2, 0.25) is 5.69 Å². The van der Waals surface area contributed by atoms with Crippen LogP contribution in [-0.4, -0.2) is 98.2 Å². The molecule has 1 aromatic heterocycles. The molecule has 1 aliphatic carbocycles. The van der Waals surface area contributed by atoms with E-state index >= 15 is 0 Å². The van der Waals surface area contributed by atoms with Crippen molar-refractivity contribution in [3.8, 4) is 6.07 Å². The van der Waals surface area contributed by atoms with E-state index in [2.05, 4.69) is 51.2 Å². The number of rotatable bonds is 25. The summed E-state index contributed by atoms with van der Waals surface area (Å²) in [6.07, 6.45) is 2.90. The zero-order chi connectivity index (χ0) is 41.5. The number of methoxy groups -OCH3 is 1. The number of hydrogen-bond acceptors (Lipinski definition) is 14. The second kappa shape index (κ2) is 25.6. The molecule has 0 amide bonds. The molecule has 1 saturated carbocycles. The summed E-state index contributed by atoms with van der Waals surface area (Å²) in [6.45, 7) is 18.4. The quantitative estimate of drug-likeness (QED) is 0.0351. The number of hydrogen-bond donors (Lipinski definition) is 0. The highest BCUT2D eigenvalue weighted by molar-refractivity contribution is 7.17. The molecule has 1 fully saturated rings. The maximum Gasteiger partial charge on any atom is 0.309 e. The number of nitriles is 1. The zero-order valence-corrected chi connectivity index (χ0v) is 34.8. The molecule has 0 radical (unpaired) electrons. The lowest BCUT2D eigenvalue weighted by atomic mass is 9.79. The number of nitrogens with zero attached hydrogens (tertiary/aromatic N) is 5. The van der Waals surface area contributed by atoms with Gasteiger partial charge in [-0.25, -0.2) is 4.85 Å². The van der Waals surface area contributed by atoms with E-state index in [0.717, 1.165) is 36.2 Å². The fraction of sp³-hybridized carbons (Fsp3) is 0.535. The number of likely N-dealkylation sites (N-methyl/N-ethyl adjacent to an activating group) is 1. The third kappa shape index (κ3) is 14.3. The molecule has 1 heterocycles. The van der Waals surface area contributed by atoms with Crippen molar-refractivity contribution in [2.45, 2.75) is 52.6 Å². The summed E-state index contributed by atoms with van der Waals surface area (Å²) in [5.41, 5.74) is 4.73. The van der Waals surface area contributed by atoms with Gasteiger partial charge in [0.1, 0.15) is 23.8 Å². The first-order valence-corrected chi connectivity index (χ1v) is 20.5. The summed E-state index contributed by atoms with van der Waals surface area (Å²) >= 11 is 1.18. The molecule has 0 spiro atoms. The van der Waals surface area contributed by atoms with Gasteiger partial charge in [-0.15, -0.1) is 11.3 Å². The SMILES string of the molecule is [C-]#[N+]c1c(N=Nc2ccc(N(CC)CC(OCCOCCOCCOCCOCCOC(=O)C3CCCCC3C(=O)OC)c3ccccc3)cc2C)sc(C#N)c1C. The summed E-state index contributed by atoms with van der Waals surface area (Å²) in [5.74, 6) is -1.59. The minimum absolute atomic E-state index is 0.128. The summed E-state index contributed by atoms with van der Waals surface area (Å²) < 4.78 is 39.0. The number of azo groups is 1. The number of thiophene rings is 1. The van der Waals surface area contributed by atoms with Gasteiger partial charge in [-0.3, -0.25) is 9.59 Å². The van der Waals surface area contributed by atoms with Crippen LogP contribution in [0.25, 0.3) is 4.85 Å². The van der Waals surface area contributed by atoms with Crippen molar-refractivity contribution in [1.29, 1.82) is 5.26 Å². The molecule has 4 rings (SSSR count). The minimum atomic E-state index is -0.447. The molecule has 2 aromatic carbocycles. The fourth-order valence-corrected chi connectivity index (χ4v) is 7.41. The summed E-state index contributed by atoms with van der Waals surface area (Å²) in [7, 11) is 1.34. The van der Waals surface area contributed by atoms with Crippen molar-refractivity contribution in [3.05, 3.63) is 81.5 Å². The number of aryl methyl sites for hydroxylation is 1. The van der Waals surface area contributed by atoms with Gasteiger partial charge < -0.3 is 38.1 Å². The molecule has 3 atom stereocenters. The molecular formula is C43H55N5O9S. The van der Waals surface area contributed by atoms with Crippen LogP contribution in [0.3, 0.4) is 0 Å². The van der Waals surface area contributed by atoms with E-state index in [1.807, 2.05) is 37.3 Å². The maximum atomic E-state index is 12.5. The van der Waals surface area contributed by atoms with Crippen LogP contribution in [-0.2, 0) is 42.7 Å². The van der Waals surface area contributed by atoms with Crippen LogP contribution < -0.4 is 4.90 Å². The van der Waals surface area contributed by atoms with Gasteiger partial charge in [0.05, 0.1) is 95.5 Å². The molecule has 3 unspecified atom stereocenters. The van der Waals surface area contributed by atoms with E-state index in [9.17, 15) is 14.9 Å². The first kappa shape index (κ1) is 46.0. The normalized spacial score (nSPS) is 15.8. The predicted molar refractivity (Wildman–Crippen MR) is 220 cm³/mol. The Morgan fingerprint density at radius 3 is 2.05 bits per heavy atom. The Morgan fingerprint density at radius 2 is 1.48 bits per heavy atom. The van der Waals surface area contributed by atoms with E-state index in [1.165, 1.54) is 18.4 Å². The van der Waals surface area contributed by atoms with E-state index in [-0.39, 0.29) is 31.3 Å². The standard InChI is InChI=1S/C43H55N5O9S/c1-6-48(34-16-17-37(31(2)28-34)46-47-41-40(45-4)32(3)39(29-44)58-41)30-38(33-12-8-7-9-13-33)56-26-24-54-22-20-52-18-19-53-21-23-55-25-27-57-43(50)36-15-11-10-14-35(36)42(49)51-5/h7-9,12-13,16-17,28,35-36,38H,6,10-11,14-15,18-27,30H2,1-3,5H3. The molecule has 0 saturated heterocycles. The average Bonchev–Trinajstić information content (AvgIpc) is 3.57. The Morgan fingerprint density at radius 1 is 0.879 bits per heavy atom. The van der Waals surface area contributed by atoms with Crippen LogP contribution in [0.5, 0.6) is 0 Å². The van der Waals surface area contributed by atoms with E-state index in [4.69, 9.17) is 39.7 Å². The smallest absolute Gasteiger partial charge is 0.309 e. The Balaban J connectivity index is 1.09. The highest BCUT2D eigenvalue weighted by Gasteiger charge is 2.37. The van der Waals surface area contributed by atoms with E-state index < -0.39 is 11.8 Å². The van der Waals surface area contributed by atoms with Crippen molar-refractivity contribution in [2.24, 2.45) is 22.1 Å². The largest absolute Gasteiger partial charge is 0.469 e. The second-order valence-corrected chi connectivity index (χ2v) is 14.5. The van der Waals surface area contributed by atoms with Crippen LogP contribution in [0.2, 0.25) is 0 Å². The van der Waals surface area contributed by atoms with Crippen molar-refractivity contribution >= 4 is 45.3 Å². The number of anilines is 1. The van der Waals surface area contributed by atoms with Gasteiger partial charge >= 0.3 is 11.9 Å². The number of ether oxygens (including phenoxy) is 7. The molecule has 0 aliphatic heterocycles. The number of carbonyl (C=O) groups is 2. The van der Waals surface area contributed by atoms with Crippen LogP contribution in [0.4, 0.5) is 22.1 Å². The Labute approximate surface area is 345 Å². The zero-order valence-electron chi connectivity index (χ0n) is 34.0. The lowest BCUT2D eigenvalue weighted by molar-refractivity contribution is -0.162. The first-order chi connectivity index (χ1) is 28.3. The van der Waals surface area contributed by atoms with Gasteiger partial charge in [-0.1, -0.05) is 43.2 Å². The Hall–Kier alpha value is -4.74. The fourth-order valence-electron chi connectivity index (χ4n) is 6.55. The lowest BCUT2D eigenvalue weighted by Gasteiger charge is -2.29. The molecule has 15 heteroatoms. The van der Waals surface area contributed by atoms with Crippen molar-refractivity contribution in [1.82, 2.24) is 0 Å². The predicted octanol–water partition coefficient (Wildman–Crippen LogP) is 8.38. The van der Waals surface area contributed by atoms with Gasteiger partial charge in [0.15, 0.2) is 0 Å². The van der Waals surface area contributed by atoms with Crippen molar-refractivity contribution in [3.63, 3.8) is 0 Å². The molecule has 312 valence electrons. The van der Waals surface area contributed by atoms with Crippen LogP contribution in [0.15, 0.2) is 58.8 Å². The van der Waals surface area contributed by atoms with Crippen molar-refractivity contribution in [2.75, 3.05) is 91.2 Å². The van der Waals surface area contributed by atoms with Gasteiger partial charge in [-0.2, -0.15) is 15.5 Å². The summed E-state index contributed by atoms with van der Waals surface area (Å²) in [5, 5.41) is 18.5. The lowest BCUT2D eigenvalue weighted by Crippen LogP contribution is -2.35. The van der Waals surface area contributed by atoms with Crippen LogP contribution in [0, 0.1) is 43.6 Å². The van der Waals surface area contributed by atoms with Gasteiger partial charge in [-0.05, 0) is 68.5 Å². The molecule has 0 bridgehead atoms.